The van der Waals surface area contributed by atoms with Crippen molar-refractivity contribution in [2.45, 2.75) is 38.5 Å². The number of carbonyl (C=O) groups is 3. The van der Waals surface area contributed by atoms with Gasteiger partial charge in [-0.15, -0.1) is 10.2 Å². The van der Waals surface area contributed by atoms with Crippen LogP contribution in [0.3, 0.4) is 0 Å². The zero-order valence-corrected chi connectivity index (χ0v) is 28.4. The first-order valence-corrected chi connectivity index (χ1v) is 17.6. The number of benzene rings is 3. The number of ketones is 1. The quantitative estimate of drug-likeness (QED) is 0.153. The maximum atomic E-state index is 13.7. The Morgan fingerprint density at radius 1 is 0.920 bits per heavy atom. The number of aromatic amines is 1. The Labute approximate surface area is 292 Å². The number of rotatable bonds is 14. The molecule has 2 aliphatic rings. The Morgan fingerprint density at radius 2 is 1.66 bits per heavy atom. The highest BCUT2D eigenvalue weighted by Gasteiger charge is 2.30. The molecule has 1 atom stereocenters. The third kappa shape index (κ3) is 9.46. The summed E-state index contributed by atoms with van der Waals surface area (Å²) in [5, 5.41) is 20.1. The molecule has 0 unspecified atom stereocenters. The number of morpholine rings is 1. The van der Waals surface area contributed by atoms with Crippen LogP contribution in [-0.4, -0.2) is 89.1 Å². The lowest BCUT2D eigenvalue weighted by atomic mass is 9.77. The van der Waals surface area contributed by atoms with Crippen molar-refractivity contribution < 1.29 is 19.1 Å². The number of H-pyrrole nitrogens is 1. The van der Waals surface area contributed by atoms with E-state index in [0.717, 1.165) is 80.8 Å². The molecule has 1 saturated heterocycles. The second kappa shape index (κ2) is 17.2. The van der Waals surface area contributed by atoms with E-state index in [1.807, 2.05) is 60.7 Å². The van der Waals surface area contributed by atoms with Crippen molar-refractivity contribution in [2.75, 3.05) is 51.3 Å². The first-order chi connectivity index (χ1) is 24.4. The van der Waals surface area contributed by atoms with Crippen LogP contribution in [0, 0.1) is 17.8 Å². The van der Waals surface area contributed by atoms with Crippen molar-refractivity contribution in [1.82, 2.24) is 30.8 Å². The maximum Gasteiger partial charge on any atom is 0.251 e. The van der Waals surface area contributed by atoms with E-state index >= 15 is 0 Å². The molecule has 0 spiro atoms. The average molecular weight is 679 g/mol. The third-order valence-corrected chi connectivity index (χ3v) is 9.92. The van der Waals surface area contributed by atoms with Crippen molar-refractivity contribution in [3.05, 3.63) is 83.9 Å². The number of carbonyl (C=O) groups excluding carboxylic acids is 3. The molecule has 12 nitrogen and oxygen atoms in total. The topological polar surface area (TPSA) is 168 Å². The van der Waals surface area contributed by atoms with E-state index in [2.05, 4.69) is 36.2 Å². The number of anilines is 1. The van der Waals surface area contributed by atoms with Crippen LogP contribution < -0.4 is 16.4 Å². The standard InChI is InChI=1S/C38H46N8O4/c39-25-27-6-10-29(11-7-27)35(47)24-33(38(49)41-34-14-12-30(13-15-34)36-42-44-45-43-36)22-26-4-8-28(9-5-26)31-2-1-3-32(23-31)37(48)40-16-17-46-18-20-50-21-19-46/h1-5,8-9,12-15,23,27,29,33H,6-7,10-11,16-22,24-25,39H2,(H,40,48)(H,41,49)(H,42,43,44,45)/t27?,29?,33-/m1/s1. The molecule has 4 aromatic rings. The zero-order chi connectivity index (χ0) is 34.7. The van der Waals surface area contributed by atoms with E-state index in [4.69, 9.17) is 10.5 Å². The van der Waals surface area contributed by atoms with E-state index in [-0.39, 0.29) is 29.9 Å². The molecule has 12 heteroatoms. The van der Waals surface area contributed by atoms with E-state index in [1.165, 1.54) is 0 Å². The Kier molecular flexibility index (Phi) is 12.1. The summed E-state index contributed by atoms with van der Waals surface area (Å²) in [6, 6.07) is 22.8. The maximum absolute atomic E-state index is 13.7. The van der Waals surface area contributed by atoms with Crippen molar-refractivity contribution in [3.8, 4) is 22.5 Å². The highest BCUT2D eigenvalue weighted by molar-refractivity contribution is 5.96. The summed E-state index contributed by atoms with van der Waals surface area (Å²) >= 11 is 0. The summed E-state index contributed by atoms with van der Waals surface area (Å²) in [4.78, 5) is 42.5. The van der Waals surface area contributed by atoms with E-state index in [1.54, 1.807) is 12.1 Å². The van der Waals surface area contributed by atoms with E-state index in [0.29, 0.717) is 42.5 Å². The summed E-state index contributed by atoms with van der Waals surface area (Å²) in [6.07, 6.45) is 4.15. The monoisotopic (exact) mass is 678 g/mol. The van der Waals surface area contributed by atoms with Gasteiger partial charge in [-0.05, 0) is 103 Å². The molecule has 1 saturated carbocycles. The average Bonchev–Trinajstić information content (AvgIpc) is 3.71. The Bertz CT molecular complexity index is 1700. The molecular weight excluding hydrogens is 632 g/mol. The molecule has 6 rings (SSSR count). The van der Waals surface area contributed by atoms with Crippen molar-refractivity contribution >= 4 is 23.3 Å². The number of hydrogen-bond donors (Lipinski definition) is 4. The van der Waals surface area contributed by atoms with Crippen LogP contribution in [0.5, 0.6) is 0 Å². The lowest BCUT2D eigenvalue weighted by molar-refractivity contribution is -0.129. The third-order valence-electron chi connectivity index (χ3n) is 9.92. The van der Waals surface area contributed by atoms with Crippen LogP contribution >= 0.6 is 0 Å². The van der Waals surface area contributed by atoms with Gasteiger partial charge in [0.25, 0.3) is 5.91 Å². The van der Waals surface area contributed by atoms with Gasteiger partial charge in [0, 0.05) is 61.2 Å². The summed E-state index contributed by atoms with van der Waals surface area (Å²) in [5.74, 6) is 0.213. The minimum absolute atomic E-state index is 0.0337. The second-order valence-corrected chi connectivity index (χ2v) is 13.3. The molecule has 2 fully saturated rings. The smallest absolute Gasteiger partial charge is 0.251 e. The van der Waals surface area contributed by atoms with Gasteiger partial charge in [0.05, 0.1) is 13.2 Å². The first kappa shape index (κ1) is 35.1. The number of hydrogen-bond acceptors (Lipinski definition) is 9. The van der Waals surface area contributed by atoms with Gasteiger partial charge in [0.15, 0.2) is 0 Å². The molecule has 5 N–H and O–H groups in total. The Balaban J connectivity index is 1.10. The lowest BCUT2D eigenvalue weighted by Crippen LogP contribution is -2.41. The first-order valence-electron chi connectivity index (χ1n) is 17.6. The Morgan fingerprint density at radius 3 is 2.36 bits per heavy atom. The number of ether oxygens (including phenoxy) is 1. The van der Waals surface area contributed by atoms with Gasteiger partial charge in [-0.2, -0.15) is 5.21 Å². The fourth-order valence-electron chi connectivity index (χ4n) is 6.83. The minimum Gasteiger partial charge on any atom is -0.379 e. The predicted molar refractivity (Wildman–Crippen MR) is 191 cm³/mol. The molecule has 3 aromatic carbocycles. The van der Waals surface area contributed by atoms with Crippen molar-refractivity contribution in [1.29, 1.82) is 0 Å². The summed E-state index contributed by atoms with van der Waals surface area (Å²) in [6.45, 7) is 5.26. The Hall–Kier alpha value is -4.78. The number of nitrogens with zero attached hydrogens (tertiary/aromatic N) is 4. The van der Waals surface area contributed by atoms with Gasteiger partial charge in [-0.25, -0.2) is 0 Å². The van der Waals surface area contributed by atoms with Crippen LogP contribution in [0.15, 0.2) is 72.8 Å². The van der Waals surface area contributed by atoms with Crippen LogP contribution in [-0.2, 0) is 20.7 Å². The SMILES string of the molecule is NCC1CCC(C(=O)C[C@@H](Cc2ccc(-c3cccc(C(=O)NCCN4CCOCC4)c3)cc2)C(=O)Nc2ccc(-c3nn[nH]n3)cc2)CC1. The molecule has 50 heavy (non-hydrogen) atoms. The molecule has 0 radical (unpaired) electrons. The number of nitrogens with two attached hydrogens (primary N) is 1. The van der Waals surface area contributed by atoms with Crippen LogP contribution in [0.2, 0.25) is 0 Å². The highest BCUT2D eigenvalue weighted by atomic mass is 16.5. The fourth-order valence-corrected chi connectivity index (χ4v) is 6.83. The number of nitrogens with one attached hydrogen (secondary N) is 3. The van der Waals surface area contributed by atoms with Crippen molar-refractivity contribution in [3.63, 3.8) is 0 Å². The summed E-state index contributed by atoms with van der Waals surface area (Å²) < 4.78 is 5.40. The molecule has 1 aliphatic heterocycles. The molecule has 1 aliphatic carbocycles. The molecule has 0 bridgehead atoms. The van der Waals surface area contributed by atoms with E-state index < -0.39 is 5.92 Å². The largest absolute Gasteiger partial charge is 0.379 e. The summed E-state index contributed by atoms with van der Waals surface area (Å²) in [5.41, 5.74) is 10.7. The number of aromatic nitrogens is 4. The molecular formula is C38H46N8O4. The lowest BCUT2D eigenvalue weighted by Gasteiger charge is -2.27. The molecule has 262 valence electrons. The van der Waals surface area contributed by atoms with Gasteiger partial charge >= 0.3 is 0 Å². The van der Waals surface area contributed by atoms with Crippen molar-refractivity contribution in [2.24, 2.45) is 23.5 Å². The van der Waals surface area contributed by atoms with E-state index in [9.17, 15) is 14.4 Å². The van der Waals surface area contributed by atoms with Crippen LogP contribution in [0.4, 0.5) is 5.69 Å². The molecule has 1 aromatic heterocycles. The number of tetrazole rings is 1. The molecule has 2 heterocycles. The predicted octanol–water partition coefficient (Wildman–Crippen LogP) is 4.12. The summed E-state index contributed by atoms with van der Waals surface area (Å²) in [7, 11) is 0. The van der Waals surface area contributed by atoms with Crippen LogP contribution in [0.25, 0.3) is 22.5 Å². The second-order valence-electron chi connectivity index (χ2n) is 13.3. The normalized spacial score (nSPS) is 18.7. The zero-order valence-electron chi connectivity index (χ0n) is 28.4. The van der Waals surface area contributed by atoms with Crippen LogP contribution in [0.1, 0.15) is 48.0 Å². The van der Waals surface area contributed by atoms with Gasteiger partial charge in [-0.3, -0.25) is 19.3 Å². The van der Waals surface area contributed by atoms with Gasteiger partial charge in [0.1, 0.15) is 5.78 Å². The minimum atomic E-state index is -0.540. The highest BCUT2D eigenvalue weighted by Crippen LogP contribution is 2.31. The van der Waals surface area contributed by atoms with Gasteiger partial charge < -0.3 is 21.1 Å². The van der Waals surface area contributed by atoms with Gasteiger partial charge in [-0.1, -0.05) is 36.4 Å². The number of Topliss-reactive ketones (excluding diaryl/α,β-unsaturated/α-hetero) is 1. The number of amides is 2. The fraction of sp³-hybridized carbons (Fsp3) is 0.421. The van der Waals surface area contributed by atoms with Gasteiger partial charge in [0.2, 0.25) is 11.7 Å². The molecule has 2 amide bonds.